The topological polar surface area (TPSA) is 112 Å². The molecule has 7 nitrogen and oxygen atoms in total. The second-order valence-electron chi connectivity index (χ2n) is 4.04. The van der Waals surface area contributed by atoms with E-state index in [0.717, 1.165) is 6.42 Å². The molecule has 0 spiro atoms. The van der Waals surface area contributed by atoms with Crippen LogP contribution in [-0.4, -0.2) is 35.7 Å². The molecule has 0 aliphatic heterocycles. The van der Waals surface area contributed by atoms with E-state index in [0.29, 0.717) is 12.8 Å². The molecule has 2 atom stereocenters. The Bertz CT molecular complexity index is 496. The van der Waals surface area contributed by atoms with Gasteiger partial charge in [-0.1, -0.05) is 6.42 Å². The third-order valence-corrected chi connectivity index (χ3v) is 4.38. The minimum absolute atomic E-state index is 0.0218. The number of carboxylic acids is 1. The van der Waals surface area contributed by atoms with E-state index in [-0.39, 0.29) is 4.90 Å². The molecule has 17 heavy (non-hydrogen) atoms. The first-order valence-corrected chi connectivity index (χ1v) is 6.73. The Labute approximate surface area is 98.3 Å². The van der Waals surface area contributed by atoms with E-state index in [4.69, 9.17) is 5.11 Å². The zero-order valence-corrected chi connectivity index (χ0v) is 9.77. The van der Waals surface area contributed by atoms with Crippen LogP contribution < -0.4 is 4.72 Å². The Morgan fingerprint density at radius 1 is 1.53 bits per heavy atom. The van der Waals surface area contributed by atoms with Gasteiger partial charge in [-0.3, -0.25) is 9.89 Å². The molecule has 2 rings (SSSR count). The molecule has 1 aliphatic carbocycles. The number of aromatic amines is 1. The molecule has 0 radical (unpaired) electrons. The van der Waals surface area contributed by atoms with E-state index >= 15 is 0 Å². The molecule has 0 saturated heterocycles. The van der Waals surface area contributed by atoms with Crippen molar-refractivity contribution >= 4 is 16.0 Å². The zero-order valence-electron chi connectivity index (χ0n) is 8.96. The van der Waals surface area contributed by atoms with Crippen molar-refractivity contribution in [1.29, 1.82) is 0 Å². The summed E-state index contributed by atoms with van der Waals surface area (Å²) in [5.74, 6) is -1.60. The number of carbonyl (C=O) groups is 1. The van der Waals surface area contributed by atoms with Crippen molar-refractivity contribution in [2.75, 3.05) is 0 Å². The molecule has 1 aromatic rings. The molecule has 0 amide bonds. The van der Waals surface area contributed by atoms with Gasteiger partial charge in [0, 0.05) is 12.2 Å². The van der Waals surface area contributed by atoms with Crippen molar-refractivity contribution < 1.29 is 18.3 Å². The number of rotatable bonds is 4. The Morgan fingerprint density at radius 3 is 2.88 bits per heavy atom. The monoisotopic (exact) mass is 259 g/mol. The van der Waals surface area contributed by atoms with Crippen LogP contribution in [0, 0.1) is 5.92 Å². The van der Waals surface area contributed by atoms with E-state index in [1.807, 2.05) is 0 Å². The van der Waals surface area contributed by atoms with Gasteiger partial charge in [-0.05, 0) is 12.8 Å². The number of sulfonamides is 1. The Kier molecular flexibility index (Phi) is 3.16. The summed E-state index contributed by atoms with van der Waals surface area (Å²) in [5, 5.41) is 14.9. The Morgan fingerprint density at radius 2 is 2.29 bits per heavy atom. The van der Waals surface area contributed by atoms with Crippen molar-refractivity contribution in [2.45, 2.75) is 30.2 Å². The van der Waals surface area contributed by atoms with Gasteiger partial charge in [-0.2, -0.15) is 5.10 Å². The predicted octanol–water partition coefficient (Wildman–Crippen LogP) is -0.0587. The fourth-order valence-electron chi connectivity index (χ4n) is 2.05. The van der Waals surface area contributed by atoms with E-state index in [9.17, 15) is 13.2 Å². The number of aliphatic carboxylic acids is 1. The highest BCUT2D eigenvalue weighted by Crippen LogP contribution is 2.27. The van der Waals surface area contributed by atoms with Crippen LogP contribution in [0.1, 0.15) is 19.3 Å². The van der Waals surface area contributed by atoms with E-state index in [2.05, 4.69) is 14.9 Å². The van der Waals surface area contributed by atoms with E-state index in [1.54, 1.807) is 0 Å². The zero-order chi connectivity index (χ0) is 12.5. The van der Waals surface area contributed by atoms with Crippen LogP contribution in [0.15, 0.2) is 17.3 Å². The van der Waals surface area contributed by atoms with Crippen molar-refractivity contribution in [3.63, 3.8) is 0 Å². The average molecular weight is 259 g/mol. The van der Waals surface area contributed by atoms with Crippen molar-refractivity contribution in [3.05, 3.63) is 12.4 Å². The fourth-order valence-corrected chi connectivity index (χ4v) is 3.27. The van der Waals surface area contributed by atoms with Gasteiger partial charge in [0.25, 0.3) is 0 Å². The van der Waals surface area contributed by atoms with Gasteiger partial charge in [0.15, 0.2) is 0 Å². The summed E-state index contributed by atoms with van der Waals surface area (Å²) in [4.78, 5) is 11.0. The number of hydrogen-bond donors (Lipinski definition) is 3. The molecule has 3 N–H and O–H groups in total. The molecule has 2 unspecified atom stereocenters. The summed E-state index contributed by atoms with van der Waals surface area (Å²) < 4.78 is 26.1. The fraction of sp³-hybridized carbons (Fsp3) is 0.556. The van der Waals surface area contributed by atoms with Crippen LogP contribution in [0.3, 0.4) is 0 Å². The van der Waals surface area contributed by atoms with Crippen molar-refractivity contribution in [2.24, 2.45) is 5.92 Å². The number of aromatic nitrogens is 2. The van der Waals surface area contributed by atoms with Gasteiger partial charge in [-0.15, -0.1) is 0 Å². The lowest BCUT2D eigenvalue weighted by Crippen LogP contribution is -2.39. The molecular weight excluding hydrogens is 246 g/mol. The molecule has 8 heteroatoms. The molecular formula is C9H13N3O4S. The molecule has 1 saturated carbocycles. The largest absolute Gasteiger partial charge is 0.481 e. The molecule has 0 aromatic carbocycles. The summed E-state index contributed by atoms with van der Waals surface area (Å²) in [7, 11) is -3.67. The molecule has 1 aromatic heterocycles. The van der Waals surface area contributed by atoms with Crippen LogP contribution >= 0.6 is 0 Å². The standard InChI is InChI=1S/C9H13N3O4S/c13-9(14)7-2-1-3-8(7)12-17(15,16)6-4-10-11-5-6/h4-5,7-8,12H,1-3H2,(H,10,11)(H,13,14). The number of hydrogen-bond acceptors (Lipinski definition) is 4. The van der Waals surface area contributed by atoms with Gasteiger partial charge in [-0.25, -0.2) is 13.1 Å². The van der Waals surface area contributed by atoms with Crippen LogP contribution in [0.2, 0.25) is 0 Å². The smallest absolute Gasteiger partial charge is 0.308 e. The minimum atomic E-state index is -3.67. The number of carboxylic acid groups (broad SMARTS) is 1. The second kappa shape index (κ2) is 4.46. The molecule has 1 fully saturated rings. The van der Waals surface area contributed by atoms with Crippen LogP contribution in [0.25, 0.3) is 0 Å². The molecule has 1 aliphatic rings. The summed E-state index contributed by atoms with van der Waals surface area (Å²) in [6.07, 6.45) is 4.22. The van der Waals surface area contributed by atoms with Crippen molar-refractivity contribution in [1.82, 2.24) is 14.9 Å². The van der Waals surface area contributed by atoms with E-state index in [1.165, 1.54) is 12.4 Å². The molecule has 0 bridgehead atoms. The lowest BCUT2D eigenvalue weighted by Gasteiger charge is -2.16. The third-order valence-electron chi connectivity index (χ3n) is 2.92. The van der Waals surface area contributed by atoms with Gasteiger partial charge in [0.1, 0.15) is 4.90 Å². The first-order valence-electron chi connectivity index (χ1n) is 5.24. The predicted molar refractivity (Wildman–Crippen MR) is 57.7 cm³/mol. The first-order chi connectivity index (χ1) is 8.00. The Hall–Kier alpha value is -1.41. The lowest BCUT2D eigenvalue weighted by atomic mass is 10.1. The maximum Gasteiger partial charge on any atom is 0.308 e. The highest BCUT2D eigenvalue weighted by molar-refractivity contribution is 7.89. The van der Waals surface area contributed by atoms with Crippen LogP contribution in [-0.2, 0) is 14.8 Å². The summed E-state index contributed by atoms with van der Waals surface area (Å²) in [6, 6.07) is -0.535. The molecule has 1 heterocycles. The maximum absolute atomic E-state index is 11.9. The quantitative estimate of drug-likeness (QED) is 0.701. The van der Waals surface area contributed by atoms with Crippen LogP contribution in [0.5, 0.6) is 0 Å². The summed E-state index contributed by atoms with van der Waals surface area (Å²) in [6.45, 7) is 0. The minimum Gasteiger partial charge on any atom is -0.481 e. The third kappa shape index (κ3) is 2.47. The SMILES string of the molecule is O=C(O)C1CCCC1NS(=O)(=O)c1cn[nH]c1. The number of nitrogens with one attached hydrogen (secondary N) is 2. The van der Waals surface area contributed by atoms with Gasteiger partial charge in [0.05, 0.1) is 12.1 Å². The number of nitrogens with zero attached hydrogens (tertiary/aromatic N) is 1. The second-order valence-corrected chi connectivity index (χ2v) is 5.75. The summed E-state index contributed by atoms with van der Waals surface area (Å²) >= 11 is 0. The lowest BCUT2D eigenvalue weighted by molar-refractivity contribution is -0.141. The van der Waals surface area contributed by atoms with Gasteiger partial charge >= 0.3 is 5.97 Å². The normalized spacial score (nSPS) is 24.9. The van der Waals surface area contributed by atoms with E-state index < -0.39 is 28.0 Å². The van der Waals surface area contributed by atoms with Crippen LogP contribution in [0.4, 0.5) is 0 Å². The van der Waals surface area contributed by atoms with Gasteiger partial charge in [0.2, 0.25) is 10.0 Å². The van der Waals surface area contributed by atoms with Crippen molar-refractivity contribution in [3.8, 4) is 0 Å². The average Bonchev–Trinajstić information content (AvgIpc) is 2.85. The first kappa shape index (κ1) is 12.1. The van der Waals surface area contributed by atoms with Gasteiger partial charge < -0.3 is 5.11 Å². The highest BCUT2D eigenvalue weighted by Gasteiger charge is 2.35. The number of H-pyrrole nitrogens is 1. The summed E-state index contributed by atoms with van der Waals surface area (Å²) in [5.41, 5.74) is 0. The highest BCUT2D eigenvalue weighted by atomic mass is 32.2. The maximum atomic E-state index is 11.9. The Balaban J connectivity index is 2.14. The molecule has 94 valence electrons.